The molecule has 0 aliphatic heterocycles. The second-order valence-corrected chi connectivity index (χ2v) is 6.78. The molecular formula is C20H13F5N6O. The van der Waals surface area contributed by atoms with Crippen molar-refractivity contribution in [3.05, 3.63) is 89.9 Å². The molecule has 0 aliphatic carbocycles. The van der Waals surface area contributed by atoms with E-state index in [0.717, 1.165) is 23.3 Å². The van der Waals surface area contributed by atoms with E-state index >= 15 is 0 Å². The lowest BCUT2D eigenvalue weighted by Crippen LogP contribution is -2.45. The fourth-order valence-corrected chi connectivity index (χ4v) is 3.30. The van der Waals surface area contributed by atoms with Crippen LogP contribution in [0.3, 0.4) is 0 Å². The standard InChI is InChI=1S/C20H13F5N6O/c21-12-3-1-11(2-4-12)16-8-27-17(9-26-16)18(31-10-28-29-30-31)20(32,19(24)25)14-6-5-13(22)7-15(14)23/h1-10,18-19,32H. The Hall–Kier alpha value is -3.80. The Kier molecular flexibility index (Phi) is 5.61. The van der Waals surface area contributed by atoms with Gasteiger partial charge in [0, 0.05) is 17.2 Å². The van der Waals surface area contributed by atoms with Gasteiger partial charge in [-0.2, -0.15) is 0 Å². The minimum Gasteiger partial charge on any atom is -0.377 e. The Morgan fingerprint density at radius 3 is 2.19 bits per heavy atom. The molecule has 2 heterocycles. The summed E-state index contributed by atoms with van der Waals surface area (Å²) in [5.41, 5.74) is -3.55. The largest absolute Gasteiger partial charge is 0.377 e. The van der Waals surface area contributed by atoms with E-state index in [2.05, 4.69) is 25.5 Å². The van der Waals surface area contributed by atoms with Crippen LogP contribution in [0.2, 0.25) is 0 Å². The Morgan fingerprint density at radius 1 is 0.906 bits per heavy atom. The molecule has 0 saturated heterocycles. The fraction of sp³-hybridized carbons (Fsp3) is 0.150. The highest BCUT2D eigenvalue weighted by atomic mass is 19.3. The van der Waals surface area contributed by atoms with Crippen molar-refractivity contribution >= 4 is 0 Å². The van der Waals surface area contributed by atoms with Crippen molar-refractivity contribution in [2.75, 3.05) is 0 Å². The molecule has 0 radical (unpaired) electrons. The zero-order valence-electron chi connectivity index (χ0n) is 15.9. The van der Waals surface area contributed by atoms with Crippen LogP contribution in [0.1, 0.15) is 17.3 Å². The van der Waals surface area contributed by atoms with Gasteiger partial charge >= 0.3 is 0 Å². The summed E-state index contributed by atoms with van der Waals surface area (Å²) < 4.78 is 70.3. The quantitative estimate of drug-likeness (QED) is 0.456. The first kappa shape index (κ1) is 21.4. The van der Waals surface area contributed by atoms with E-state index < -0.39 is 41.1 Å². The van der Waals surface area contributed by atoms with Crippen LogP contribution in [0, 0.1) is 17.5 Å². The first-order valence-electron chi connectivity index (χ1n) is 9.07. The molecule has 2 unspecified atom stereocenters. The average Bonchev–Trinajstić information content (AvgIpc) is 3.29. The van der Waals surface area contributed by atoms with Gasteiger partial charge in [0.2, 0.25) is 0 Å². The minimum atomic E-state index is -3.56. The fourth-order valence-electron chi connectivity index (χ4n) is 3.30. The van der Waals surface area contributed by atoms with Crippen molar-refractivity contribution in [1.29, 1.82) is 0 Å². The van der Waals surface area contributed by atoms with E-state index in [9.17, 15) is 27.1 Å². The summed E-state index contributed by atoms with van der Waals surface area (Å²) in [6, 6.07) is 5.32. The lowest BCUT2D eigenvalue weighted by atomic mass is 9.84. The monoisotopic (exact) mass is 448 g/mol. The molecule has 2 aromatic heterocycles. The highest BCUT2D eigenvalue weighted by Crippen LogP contribution is 2.42. The molecule has 12 heteroatoms. The molecule has 4 aromatic rings. The van der Waals surface area contributed by atoms with Gasteiger partial charge in [0.05, 0.1) is 23.8 Å². The van der Waals surface area contributed by atoms with Crippen molar-refractivity contribution < 1.29 is 27.1 Å². The van der Waals surface area contributed by atoms with Crippen molar-refractivity contribution in [3.63, 3.8) is 0 Å². The highest BCUT2D eigenvalue weighted by molar-refractivity contribution is 5.57. The average molecular weight is 448 g/mol. The maximum absolute atomic E-state index is 14.5. The number of aliphatic hydroxyl groups is 1. The first-order valence-corrected chi connectivity index (χ1v) is 9.07. The smallest absolute Gasteiger partial charge is 0.273 e. The number of hydrogen-bond donors (Lipinski definition) is 1. The topological polar surface area (TPSA) is 89.6 Å². The molecule has 7 nitrogen and oxygen atoms in total. The molecular weight excluding hydrogens is 435 g/mol. The molecule has 2 aromatic carbocycles. The van der Waals surface area contributed by atoms with Crippen LogP contribution in [0.25, 0.3) is 11.3 Å². The molecule has 164 valence electrons. The lowest BCUT2D eigenvalue weighted by molar-refractivity contribution is -0.131. The Morgan fingerprint density at radius 2 is 1.62 bits per heavy atom. The number of alkyl halides is 2. The van der Waals surface area contributed by atoms with Gasteiger partial charge in [-0.1, -0.05) is 0 Å². The van der Waals surface area contributed by atoms with Crippen LogP contribution in [0.15, 0.2) is 61.2 Å². The van der Waals surface area contributed by atoms with Gasteiger partial charge in [-0.25, -0.2) is 26.6 Å². The maximum Gasteiger partial charge on any atom is 0.273 e. The molecule has 0 bridgehead atoms. The maximum atomic E-state index is 14.5. The number of tetrazole rings is 1. The predicted octanol–water partition coefficient (Wildman–Crippen LogP) is 3.29. The third-order valence-electron chi connectivity index (χ3n) is 4.83. The number of hydrogen-bond acceptors (Lipinski definition) is 6. The zero-order valence-corrected chi connectivity index (χ0v) is 15.9. The summed E-state index contributed by atoms with van der Waals surface area (Å²) in [6.07, 6.45) is -0.322. The highest BCUT2D eigenvalue weighted by Gasteiger charge is 2.52. The van der Waals surface area contributed by atoms with E-state index in [4.69, 9.17) is 0 Å². The van der Waals surface area contributed by atoms with Crippen molar-refractivity contribution in [2.45, 2.75) is 18.1 Å². The van der Waals surface area contributed by atoms with Gasteiger partial charge in [0.25, 0.3) is 6.43 Å². The van der Waals surface area contributed by atoms with Gasteiger partial charge in [-0.05, 0) is 46.8 Å². The van der Waals surface area contributed by atoms with Gasteiger partial charge in [-0.15, -0.1) is 5.10 Å². The van der Waals surface area contributed by atoms with E-state index in [1.165, 1.54) is 30.5 Å². The van der Waals surface area contributed by atoms with E-state index in [1.807, 2.05) is 0 Å². The molecule has 4 rings (SSSR count). The summed E-state index contributed by atoms with van der Waals surface area (Å²) in [4.78, 5) is 8.23. The third kappa shape index (κ3) is 3.80. The Bertz CT molecular complexity index is 1200. The van der Waals surface area contributed by atoms with E-state index in [-0.39, 0.29) is 11.4 Å². The molecule has 2 atom stereocenters. The Labute approximate surface area is 177 Å². The summed E-state index contributed by atoms with van der Waals surface area (Å²) in [5.74, 6) is -2.85. The number of rotatable bonds is 6. The van der Waals surface area contributed by atoms with Gasteiger partial charge < -0.3 is 5.11 Å². The van der Waals surface area contributed by atoms with Crippen LogP contribution in [-0.2, 0) is 5.60 Å². The predicted molar refractivity (Wildman–Crippen MR) is 99.6 cm³/mol. The van der Waals surface area contributed by atoms with Crippen LogP contribution in [0.5, 0.6) is 0 Å². The van der Waals surface area contributed by atoms with Crippen LogP contribution < -0.4 is 0 Å². The van der Waals surface area contributed by atoms with Crippen molar-refractivity contribution in [1.82, 2.24) is 30.2 Å². The van der Waals surface area contributed by atoms with Gasteiger partial charge in [0.15, 0.2) is 5.60 Å². The summed E-state index contributed by atoms with van der Waals surface area (Å²) >= 11 is 0. The summed E-state index contributed by atoms with van der Waals surface area (Å²) in [5, 5.41) is 21.4. The van der Waals surface area contributed by atoms with E-state index in [0.29, 0.717) is 17.7 Å². The van der Waals surface area contributed by atoms with Crippen molar-refractivity contribution in [2.24, 2.45) is 0 Å². The second-order valence-electron chi connectivity index (χ2n) is 6.78. The summed E-state index contributed by atoms with van der Waals surface area (Å²) in [7, 11) is 0. The number of aromatic nitrogens is 6. The van der Waals surface area contributed by atoms with Crippen LogP contribution >= 0.6 is 0 Å². The number of nitrogens with zero attached hydrogens (tertiary/aromatic N) is 6. The van der Waals surface area contributed by atoms with Crippen molar-refractivity contribution in [3.8, 4) is 11.3 Å². The molecule has 0 spiro atoms. The van der Waals surface area contributed by atoms with Crippen LogP contribution in [-0.4, -0.2) is 41.7 Å². The lowest BCUT2D eigenvalue weighted by Gasteiger charge is -2.35. The zero-order chi connectivity index (χ0) is 22.9. The SMILES string of the molecule is OC(c1ccc(F)cc1F)(C(F)F)C(c1cnc(-c2ccc(F)cc2)cn1)n1cnnn1. The Balaban J connectivity index is 1.84. The number of benzene rings is 2. The molecule has 0 fully saturated rings. The summed E-state index contributed by atoms with van der Waals surface area (Å²) in [6.45, 7) is 0. The van der Waals surface area contributed by atoms with Gasteiger partial charge in [0.1, 0.15) is 29.8 Å². The second kappa shape index (κ2) is 8.38. The normalized spacial score (nSPS) is 14.3. The molecule has 0 aliphatic rings. The first-order chi connectivity index (χ1) is 15.3. The molecule has 32 heavy (non-hydrogen) atoms. The van der Waals surface area contributed by atoms with Gasteiger partial charge in [-0.3, -0.25) is 9.97 Å². The molecule has 0 amide bonds. The number of halogens is 5. The molecule has 1 N–H and O–H groups in total. The third-order valence-corrected chi connectivity index (χ3v) is 4.83. The van der Waals surface area contributed by atoms with E-state index in [1.54, 1.807) is 0 Å². The minimum absolute atomic E-state index is 0.227. The molecule has 0 saturated carbocycles. The van der Waals surface area contributed by atoms with Crippen LogP contribution in [0.4, 0.5) is 22.0 Å².